The predicted octanol–water partition coefficient (Wildman–Crippen LogP) is 3.98. The van der Waals surface area contributed by atoms with Crippen LogP contribution in [0.25, 0.3) is 0 Å². The minimum absolute atomic E-state index is 0.178. The SMILES string of the molecule is O=C(Nc1ccccc1F)C1CCOc2ccc(Cl)cc21. The summed E-state index contributed by atoms with van der Waals surface area (Å²) < 4.78 is 19.1. The zero-order valence-electron chi connectivity index (χ0n) is 11.1. The Morgan fingerprint density at radius 3 is 2.90 bits per heavy atom. The molecule has 0 aromatic heterocycles. The summed E-state index contributed by atoms with van der Waals surface area (Å²) in [5.41, 5.74) is 0.917. The molecule has 1 unspecified atom stereocenters. The summed E-state index contributed by atoms with van der Waals surface area (Å²) in [5.74, 6) is -0.456. The Hall–Kier alpha value is -2.07. The van der Waals surface area contributed by atoms with Crippen molar-refractivity contribution in [3.8, 4) is 5.75 Å². The van der Waals surface area contributed by atoms with Crippen LogP contribution in [-0.2, 0) is 4.79 Å². The number of anilines is 1. The Bertz CT molecular complexity index is 690. The van der Waals surface area contributed by atoms with Crippen molar-refractivity contribution in [1.29, 1.82) is 0 Å². The number of fused-ring (bicyclic) bond motifs is 1. The Kier molecular flexibility index (Phi) is 3.80. The van der Waals surface area contributed by atoms with Crippen LogP contribution in [-0.4, -0.2) is 12.5 Å². The van der Waals surface area contributed by atoms with E-state index in [1.807, 2.05) is 0 Å². The topological polar surface area (TPSA) is 38.3 Å². The molecule has 2 aromatic carbocycles. The summed E-state index contributed by atoms with van der Waals surface area (Å²) >= 11 is 5.98. The molecular weight excluding hydrogens is 293 g/mol. The van der Waals surface area contributed by atoms with E-state index in [-0.39, 0.29) is 11.6 Å². The van der Waals surface area contributed by atoms with E-state index >= 15 is 0 Å². The number of nitrogens with one attached hydrogen (secondary N) is 1. The van der Waals surface area contributed by atoms with Crippen LogP contribution in [0.15, 0.2) is 42.5 Å². The van der Waals surface area contributed by atoms with Gasteiger partial charge in [-0.15, -0.1) is 0 Å². The van der Waals surface area contributed by atoms with Gasteiger partial charge in [0.15, 0.2) is 0 Å². The Labute approximate surface area is 126 Å². The number of carbonyl (C=O) groups is 1. The van der Waals surface area contributed by atoms with E-state index in [1.54, 1.807) is 30.3 Å². The highest BCUT2D eigenvalue weighted by atomic mass is 35.5. The molecule has 5 heteroatoms. The third-order valence-electron chi connectivity index (χ3n) is 3.46. The summed E-state index contributed by atoms with van der Waals surface area (Å²) in [6.45, 7) is 0.448. The fraction of sp³-hybridized carbons (Fsp3) is 0.188. The van der Waals surface area contributed by atoms with Gasteiger partial charge in [0.05, 0.1) is 18.2 Å². The van der Waals surface area contributed by atoms with Gasteiger partial charge < -0.3 is 10.1 Å². The van der Waals surface area contributed by atoms with Crippen molar-refractivity contribution in [2.45, 2.75) is 12.3 Å². The van der Waals surface area contributed by atoms with Crippen LogP contribution in [0.2, 0.25) is 5.02 Å². The number of para-hydroxylation sites is 1. The number of carbonyl (C=O) groups excluding carboxylic acids is 1. The van der Waals surface area contributed by atoms with Gasteiger partial charge in [-0.3, -0.25) is 4.79 Å². The average Bonchev–Trinajstić information content (AvgIpc) is 2.49. The lowest BCUT2D eigenvalue weighted by Gasteiger charge is -2.25. The molecule has 3 nitrogen and oxygen atoms in total. The maximum Gasteiger partial charge on any atom is 0.232 e. The molecule has 1 atom stereocenters. The normalized spacial score (nSPS) is 16.8. The van der Waals surface area contributed by atoms with Crippen molar-refractivity contribution in [3.63, 3.8) is 0 Å². The third kappa shape index (κ3) is 2.85. The molecule has 1 aliphatic heterocycles. The maximum absolute atomic E-state index is 13.6. The molecule has 0 fully saturated rings. The minimum atomic E-state index is -0.454. The van der Waals surface area contributed by atoms with Gasteiger partial charge in [0, 0.05) is 10.6 Å². The molecule has 21 heavy (non-hydrogen) atoms. The van der Waals surface area contributed by atoms with Crippen LogP contribution in [0.4, 0.5) is 10.1 Å². The van der Waals surface area contributed by atoms with Gasteiger partial charge in [-0.25, -0.2) is 4.39 Å². The molecule has 3 rings (SSSR count). The van der Waals surface area contributed by atoms with Crippen LogP contribution in [0, 0.1) is 5.82 Å². The van der Waals surface area contributed by atoms with Gasteiger partial charge in [-0.05, 0) is 36.8 Å². The molecule has 0 saturated heterocycles. The molecule has 2 aromatic rings. The quantitative estimate of drug-likeness (QED) is 0.911. The fourth-order valence-electron chi connectivity index (χ4n) is 2.42. The Morgan fingerprint density at radius 2 is 2.10 bits per heavy atom. The van der Waals surface area contributed by atoms with Crippen LogP contribution in [0.3, 0.4) is 0 Å². The third-order valence-corrected chi connectivity index (χ3v) is 3.69. The number of hydrogen-bond donors (Lipinski definition) is 1. The van der Waals surface area contributed by atoms with Gasteiger partial charge in [0.2, 0.25) is 5.91 Å². The first kappa shape index (κ1) is 13.9. The number of halogens is 2. The maximum atomic E-state index is 13.6. The van der Waals surface area contributed by atoms with Gasteiger partial charge in [-0.1, -0.05) is 23.7 Å². The second kappa shape index (κ2) is 5.74. The standard InChI is InChI=1S/C16H13ClFNO2/c17-10-5-6-15-12(9-10)11(7-8-21-15)16(20)19-14-4-2-1-3-13(14)18/h1-6,9,11H,7-8H2,(H,19,20). The molecule has 0 spiro atoms. The van der Waals surface area contributed by atoms with Crippen molar-refractivity contribution >= 4 is 23.2 Å². The molecule has 0 saturated carbocycles. The summed E-state index contributed by atoms with van der Waals surface area (Å²) in [6, 6.07) is 11.3. The first-order chi connectivity index (χ1) is 10.1. The molecule has 1 heterocycles. The zero-order valence-corrected chi connectivity index (χ0v) is 11.9. The molecule has 0 aliphatic carbocycles. The molecule has 108 valence electrons. The van der Waals surface area contributed by atoms with Crippen LogP contribution >= 0.6 is 11.6 Å². The minimum Gasteiger partial charge on any atom is -0.493 e. The van der Waals surface area contributed by atoms with Gasteiger partial charge >= 0.3 is 0 Å². The zero-order chi connectivity index (χ0) is 14.8. The van der Waals surface area contributed by atoms with Crippen molar-refractivity contribution in [3.05, 3.63) is 58.9 Å². The van der Waals surface area contributed by atoms with Crippen LogP contribution in [0.1, 0.15) is 17.9 Å². The summed E-state index contributed by atoms with van der Waals surface area (Å²) in [7, 11) is 0. The largest absolute Gasteiger partial charge is 0.493 e. The number of hydrogen-bond acceptors (Lipinski definition) is 2. The second-order valence-electron chi connectivity index (χ2n) is 4.84. The van der Waals surface area contributed by atoms with E-state index < -0.39 is 11.7 Å². The monoisotopic (exact) mass is 305 g/mol. The first-order valence-corrected chi connectivity index (χ1v) is 7.00. The molecule has 1 amide bonds. The highest BCUT2D eigenvalue weighted by Gasteiger charge is 2.28. The van der Waals surface area contributed by atoms with E-state index in [4.69, 9.17) is 16.3 Å². The van der Waals surface area contributed by atoms with Crippen molar-refractivity contribution in [2.24, 2.45) is 0 Å². The van der Waals surface area contributed by atoms with Gasteiger partial charge in [0.1, 0.15) is 11.6 Å². The number of ether oxygens (including phenoxy) is 1. The van der Waals surface area contributed by atoms with E-state index in [0.29, 0.717) is 23.8 Å². The number of amides is 1. The van der Waals surface area contributed by atoms with Crippen molar-refractivity contribution < 1.29 is 13.9 Å². The molecular formula is C16H13ClFNO2. The second-order valence-corrected chi connectivity index (χ2v) is 5.28. The van der Waals surface area contributed by atoms with Crippen molar-refractivity contribution in [2.75, 3.05) is 11.9 Å². The van der Waals surface area contributed by atoms with E-state index in [0.717, 1.165) is 5.56 Å². The number of benzene rings is 2. The first-order valence-electron chi connectivity index (χ1n) is 6.63. The highest BCUT2D eigenvalue weighted by Crippen LogP contribution is 2.36. The van der Waals surface area contributed by atoms with Crippen molar-refractivity contribution in [1.82, 2.24) is 0 Å². The van der Waals surface area contributed by atoms with Gasteiger partial charge in [-0.2, -0.15) is 0 Å². The molecule has 0 radical (unpaired) electrons. The summed E-state index contributed by atoms with van der Waals surface area (Å²) in [6.07, 6.45) is 0.535. The summed E-state index contributed by atoms with van der Waals surface area (Å²) in [4.78, 5) is 12.4. The van der Waals surface area contributed by atoms with E-state index in [9.17, 15) is 9.18 Å². The predicted molar refractivity (Wildman–Crippen MR) is 79.3 cm³/mol. The van der Waals surface area contributed by atoms with Crippen LogP contribution < -0.4 is 10.1 Å². The molecule has 1 aliphatic rings. The Balaban J connectivity index is 1.87. The van der Waals surface area contributed by atoms with Crippen LogP contribution in [0.5, 0.6) is 5.75 Å². The van der Waals surface area contributed by atoms with Gasteiger partial charge in [0.25, 0.3) is 0 Å². The smallest absolute Gasteiger partial charge is 0.232 e. The highest BCUT2D eigenvalue weighted by molar-refractivity contribution is 6.30. The molecule has 0 bridgehead atoms. The van der Waals surface area contributed by atoms with E-state index in [1.165, 1.54) is 12.1 Å². The Morgan fingerprint density at radius 1 is 1.29 bits per heavy atom. The average molecular weight is 306 g/mol. The lowest BCUT2D eigenvalue weighted by atomic mass is 9.92. The number of rotatable bonds is 2. The fourth-order valence-corrected chi connectivity index (χ4v) is 2.60. The summed E-state index contributed by atoms with van der Waals surface area (Å²) in [5, 5.41) is 3.17. The lowest BCUT2D eigenvalue weighted by molar-refractivity contribution is -0.118. The lowest BCUT2D eigenvalue weighted by Crippen LogP contribution is -2.26. The molecule has 1 N–H and O–H groups in total. The van der Waals surface area contributed by atoms with E-state index in [2.05, 4.69) is 5.32 Å².